The summed E-state index contributed by atoms with van der Waals surface area (Å²) in [6.45, 7) is 0. The van der Waals surface area contributed by atoms with E-state index in [9.17, 15) is 22.8 Å². The number of para-hydroxylation sites is 1. The summed E-state index contributed by atoms with van der Waals surface area (Å²) >= 11 is 0. The number of rotatable bonds is 3. The highest BCUT2D eigenvalue weighted by atomic mass is 19.4. The van der Waals surface area contributed by atoms with Crippen molar-refractivity contribution in [1.82, 2.24) is 20.5 Å². The van der Waals surface area contributed by atoms with Crippen molar-refractivity contribution in [3.05, 3.63) is 75.8 Å². The highest BCUT2D eigenvalue weighted by molar-refractivity contribution is 5.99. The Morgan fingerprint density at radius 2 is 1.76 bits per heavy atom. The highest BCUT2D eigenvalue weighted by Gasteiger charge is 2.54. The van der Waals surface area contributed by atoms with Gasteiger partial charge in [-0.3, -0.25) is 9.59 Å². The van der Waals surface area contributed by atoms with Crippen LogP contribution in [0.5, 0.6) is 0 Å². The van der Waals surface area contributed by atoms with Crippen LogP contribution in [0.3, 0.4) is 0 Å². The fourth-order valence-electron chi connectivity index (χ4n) is 5.82. The maximum Gasteiger partial charge on any atom is 0.418 e. The van der Waals surface area contributed by atoms with E-state index in [0.717, 1.165) is 42.8 Å². The number of fused-ring (bicyclic) bond motifs is 2. The zero-order chi connectivity index (χ0) is 23.7. The summed E-state index contributed by atoms with van der Waals surface area (Å²) in [5, 5.41) is 11.7. The molecule has 6 rings (SSSR count). The molecule has 2 aromatic carbocycles. The molecule has 6 nitrogen and oxygen atoms in total. The number of hydrogen-bond acceptors (Lipinski definition) is 3. The molecule has 2 aliphatic rings. The molecule has 2 fully saturated rings. The minimum Gasteiger partial charge on any atom is -0.350 e. The van der Waals surface area contributed by atoms with Crippen molar-refractivity contribution in [2.24, 2.45) is 5.41 Å². The van der Waals surface area contributed by atoms with Crippen LogP contribution in [-0.2, 0) is 6.18 Å². The molecule has 174 valence electrons. The first-order valence-corrected chi connectivity index (χ1v) is 11.2. The van der Waals surface area contributed by atoms with Crippen molar-refractivity contribution in [3.63, 3.8) is 0 Å². The Balaban J connectivity index is 1.11. The maximum absolute atomic E-state index is 13.3. The second-order valence-electron chi connectivity index (χ2n) is 9.62. The molecule has 2 saturated carbocycles. The molecule has 2 aromatic heterocycles. The third kappa shape index (κ3) is 3.29. The fourth-order valence-corrected chi connectivity index (χ4v) is 5.82. The molecule has 3 N–H and O–H groups in total. The molecule has 2 heterocycles. The SMILES string of the molecule is O=C(NC1CC2(C1)CC(c1n[nH]c(=O)c3ccccc13)C2)c1cc2cccc(C(F)(F)F)c2[nH]1. The van der Waals surface area contributed by atoms with Gasteiger partial charge in [-0.05, 0) is 49.3 Å². The lowest BCUT2D eigenvalue weighted by atomic mass is 9.49. The van der Waals surface area contributed by atoms with Gasteiger partial charge in [0.05, 0.1) is 22.2 Å². The summed E-state index contributed by atoms with van der Waals surface area (Å²) in [5.41, 5.74) is 0.128. The molecule has 34 heavy (non-hydrogen) atoms. The average molecular weight is 466 g/mol. The number of amides is 1. The Hall–Kier alpha value is -3.62. The van der Waals surface area contributed by atoms with Crippen LogP contribution >= 0.6 is 0 Å². The Labute approximate surface area is 191 Å². The van der Waals surface area contributed by atoms with Crippen molar-refractivity contribution >= 4 is 27.6 Å². The number of carbonyl (C=O) groups excluding carboxylic acids is 1. The number of benzene rings is 2. The van der Waals surface area contributed by atoms with Gasteiger partial charge in [0.25, 0.3) is 11.5 Å². The van der Waals surface area contributed by atoms with Crippen LogP contribution in [0.1, 0.15) is 53.3 Å². The minimum atomic E-state index is -4.49. The number of halogens is 3. The standard InChI is InChI=1S/C25H21F3N4O2/c26-25(27,28)18-7-3-4-13-8-19(30-21(13)18)23(34)29-15-11-24(12-15)9-14(10-24)20-16-5-1-2-6-17(16)22(33)32-31-20/h1-8,14-15,30H,9-12H2,(H,29,34)(H,32,33). The van der Waals surface area contributed by atoms with Gasteiger partial charge in [0, 0.05) is 22.7 Å². The van der Waals surface area contributed by atoms with Crippen LogP contribution in [0.15, 0.2) is 53.3 Å². The van der Waals surface area contributed by atoms with Gasteiger partial charge in [0.2, 0.25) is 0 Å². The normalized spacial score (nSPS) is 24.2. The number of aromatic nitrogens is 3. The molecule has 2 aliphatic carbocycles. The van der Waals surface area contributed by atoms with E-state index in [-0.39, 0.29) is 34.1 Å². The molecule has 4 aromatic rings. The lowest BCUT2D eigenvalue weighted by Gasteiger charge is -2.57. The van der Waals surface area contributed by atoms with Gasteiger partial charge in [-0.2, -0.15) is 18.3 Å². The van der Waals surface area contributed by atoms with E-state index in [1.165, 1.54) is 12.1 Å². The van der Waals surface area contributed by atoms with E-state index in [2.05, 4.69) is 20.5 Å². The van der Waals surface area contributed by atoms with Gasteiger partial charge < -0.3 is 10.3 Å². The lowest BCUT2D eigenvalue weighted by Crippen LogP contribution is -2.55. The predicted octanol–water partition coefficient (Wildman–Crippen LogP) is 4.88. The lowest BCUT2D eigenvalue weighted by molar-refractivity contribution is -0.136. The fraction of sp³-hybridized carbons (Fsp3) is 0.320. The largest absolute Gasteiger partial charge is 0.418 e. The van der Waals surface area contributed by atoms with E-state index in [1.54, 1.807) is 12.1 Å². The second-order valence-corrected chi connectivity index (χ2v) is 9.62. The number of carbonyl (C=O) groups is 1. The highest BCUT2D eigenvalue weighted by Crippen LogP contribution is 2.62. The van der Waals surface area contributed by atoms with E-state index < -0.39 is 17.6 Å². The van der Waals surface area contributed by atoms with E-state index in [4.69, 9.17) is 0 Å². The van der Waals surface area contributed by atoms with Crippen molar-refractivity contribution in [3.8, 4) is 0 Å². The Morgan fingerprint density at radius 3 is 2.50 bits per heavy atom. The van der Waals surface area contributed by atoms with Crippen molar-refractivity contribution in [1.29, 1.82) is 0 Å². The topological polar surface area (TPSA) is 90.6 Å². The maximum atomic E-state index is 13.3. The monoisotopic (exact) mass is 466 g/mol. The van der Waals surface area contributed by atoms with Crippen LogP contribution in [0.25, 0.3) is 21.7 Å². The van der Waals surface area contributed by atoms with Crippen LogP contribution in [0.2, 0.25) is 0 Å². The van der Waals surface area contributed by atoms with Crippen molar-refractivity contribution in [2.75, 3.05) is 0 Å². The van der Waals surface area contributed by atoms with Crippen LogP contribution < -0.4 is 10.9 Å². The molecule has 0 unspecified atom stereocenters. The number of hydrogen-bond donors (Lipinski definition) is 3. The number of aromatic amines is 2. The molecule has 0 saturated heterocycles. The van der Waals surface area contributed by atoms with Crippen LogP contribution in [0, 0.1) is 5.41 Å². The Bertz CT molecular complexity index is 1490. The first-order valence-electron chi connectivity index (χ1n) is 11.2. The Morgan fingerprint density at radius 1 is 1.03 bits per heavy atom. The summed E-state index contributed by atoms with van der Waals surface area (Å²) in [6.07, 6.45) is -0.978. The summed E-state index contributed by atoms with van der Waals surface area (Å²) in [4.78, 5) is 27.4. The number of nitrogens with zero attached hydrogens (tertiary/aromatic N) is 1. The van der Waals surface area contributed by atoms with Crippen molar-refractivity contribution < 1.29 is 18.0 Å². The zero-order valence-electron chi connectivity index (χ0n) is 18.0. The molecule has 0 atom stereocenters. The third-order valence-electron chi connectivity index (χ3n) is 7.37. The summed E-state index contributed by atoms with van der Waals surface area (Å²) in [7, 11) is 0. The second kappa shape index (κ2) is 7.19. The predicted molar refractivity (Wildman–Crippen MR) is 121 cm³/mol. The third-order valence-corrected chi connectivity index (χ3v) is 7.37. The van der Waals surface area contributed by atoms with Crippen molar-refractivity contribution in [2.45, 2.75) is 43.8 Å². The Kier molecular flexibility index (Phi) is 4.43. The van der Waals surface area contributed by atoms with E-state index >= 15 is 0 Å². The molecule has 0 radical (unpaired) electrons. The van der Waals surface area contributed by atoms with Crippen LogP contribution in [0.4, 0.5) is 13.2 Å². The first-order chi connectivity index (χ1) is 16.2. The quantitative estimate of drug-likeness (QED) is 0.402. The summed E-state index contributed by atoms with van der Waals surface area (Å²) in [6, 6.07) is 12.8. The minimum absolute atomic E-state index is 0.0118. The smallest absolute Gasteiger partial charge is 0.350 e. The first kappa shape index (κ1) is 20.9. The molecule has 9 heteroatoms. The van der Waals surface area contributed by atoms with Gasteiger partial charge in [-0.15, -0.1) is 0 Å². The van der Waals surface area contributed by atoms with Crippen LogP contribution in [-0.4, -0.2) is 27.1 Å². The molecule has 0 bridgehead atoms. The summed E-state index contributed by atoms with van der Waals surface area (Å²) < 4.78 is 39.8. The van der Waals surface area contributed by atoms with Gasteiger partial charge >= 0.3 is 6.18 Å². The molecule has 1 amide bonds. The van der Waals surface area contributed by atoms with Gasteiger partial charge in [-0.1, -0.05) is 30.3 Å². The molecule has 1 spiro atoms. The molecular formula is C25H21F3N4O2. The zero-order valence-corrected chi connectivity index (χ0v) is 18.0. The van der Waals surface area contributed by atoms with E-state index in [0.29, 0.717) is 10.8 Å². The number of nitrogens with one attached hydrogen (secondary N) is 3. The number of alkyl halides is 3. The summed E-state index contributed by atoms with van der Waals surface area (Å²) in [5.74, 6) is -0.138. The number of H-pyrrole nitrogens is 2. The average Bonchev–Trinajstić information content (AvgIpc) is 3.19. The van der Waals surface area contributed by atoms with Gasteiger partial charge in [0.15, 0.2) is 0 Å². The van der Waals surface area contributed by atoms with Gasteiger partial charge in [0.1, 0.15) is 5.69 Å². The van der Waals surface area contributed by atoms with E-state index in [1.807, 2.05) is 18.2 Å². The van der Waals surface area contributed by atoms with Gasteiger partial charge in [-0.25, -0.2) is 5.10 Å². The molecule has 0 aliphatic heterocycles. The molecular weight excluding hydrogens is 445 g/mol.